The lowest BCUT2D eigenvalue weighted by Gasteiger charge is -2.09. The SMILES string of the molecule is Cc1ccccc1OCC(=O)NNC(=O)Cc1nc2ccccc2[nH]1. The molecule has 2 aromatic carbocycles. The lowest BCUT2D eigenvalue weighted by Crippen LogP contribution is -2.44. The van der Waals surface area contributed by atoms with Gasteiger partial charge >= 0.3 is 0 Å². The van der Waals surface area contributed by atoms with Crippen molar-refractivity contribution in [2.24, 2.45) is 0 Å². The van der Waals surface area contributed by atoms with Crippen molar-refractivity contribution in [3.63, 3.8) is 0 Å². The average molecular weight is 338 g/mol. The number of nitrogens with one attached hydrogen (secondary N) is 3. The second-order valence-corrected chi connectivity index (χ2v) is 5.53. The van der Waals surface area contributed by atoms with Crippen molar-refractivity contribution in [2.45, 2.75) is 13.3 Å². The van der Waals surface area contributed by atoms with Crippen LogP contribution in [0.15, 0.2) is 48.5 Å². The van der Waals surface area contributed by atoms with Crippen LogP contribution >= 0.6 is 0 Å². The van der Waals surface area contributed by atoms with Crippen molar-refractivity contribution < 1.29 is 14.3 Å². The van der Waals surface area contributed by atoms with Crippen LogP contribution in [0.3, 0.4) is 0 Å². The monoisotopic (exact) mass is 338 g/mol. The molecule has 0 aliphatic heterocycles. The number of imidazole rings is 1. The smallest absolute Gasteiger partial charge is 0.276 e. The summed E-state index contributed by atoms with van der Waals surface area (Å²) in [6.07, 6.45) is 0.0353. The second-order valence-electron chi connectivity index (χ2n) is 5.53. The number of H-pyrrole nitrogens is 1. The van der Waals surface area contributed by atoms with Crippen LogP contribution < -0.4 is 15.6 Å². The summed E-state index contributed by atoms with van der Waals surface area (Å²) in [5.74, 6) is 0.347. The van der Waals surface area contributed by atoms with E-state index < -0.39 is 5.91 Å². The van der Waals surface area contributed by atoms with Gasteiger partial charge in [0.2, 0.25) is 5.91 Å². The van der Waals surface area contributed by atoms with Gasteiger partial charge < -0.3 is 9.72 Å². The molecule has 7 nitrogen and oxygen atoms in total. The fourth-order valence-corrected chi connectivity index (χ4v) is 2.32. The first-order valence-electron chi connectivity index (χ1n) is 7.81. The van der Waals surface area contributed by atoms with Gasteiger partial charge in [-0.15, -0.1) is 0 Å². The summed E-state index contributed by atoms with van der Waals surface area (Å²) in [7, 11) is 0. The number of hydrogen-bond donors (Lipinski definition) is 3. The molecule has 3 rings (SSSR count). The summed E-state index contributed by atoms with van der Waals surface area (Å²) in [5, 5.41) is 0. The van der Waals surface area contributed by atoms with Crippen LogP contribution in [0.5, 0.6) is 5.75 Å². The van der Waals surface area contributed by atoms with Gasteiger partial charge in [-0.05, 0) is 30.7 Å². The molecule has 0 spiro atoms. The highest BCUT2D eigenvalue weighted by Gasteiger charge is 2.10. The Morgan fingerprint density at radius 3 is 2.56 bits per heavy atom. The Kier molecular flexibility index (Phi) is 4.94. The number of ether oxygens (including phenoxy) is 1. The number of amides is 2. The Morgan fingerprint density at radius 1 is 1.04 bits per heavy atom. The molecule has 0 aliphatic rings. The number of para-hydroxylation sites is 3. The van der Waals surface area contributed by atoms with E-state index in [0.29, 0.717) is 11.6 Å². The van der Waals surface area contributed by atoms with Crippen LogP contribution in [0.25, 0.3) is 11.0 Å². The van der Waals surface area contributed by atoms with Gasteiger partial charge in [-0.3, -0.25) is 20.4 Å². The number of aryl methyl sites for hydroxylation is 1. The molecule has 7 heteroatoms. The minimum atomic E-state index is -0.443. The van der Waals surface area contributed by atoms with Gasteiger partial charge in [-0.25, -0.2) is 4.98 Å². The lowest BCUT2D eigenvalue weighted by atomic mass is 10.2. The zero-order chi connectivity index (χ0) is 17.6. The number of carbonyl (C=O) groups excluding carboxylic acids is 2. The van der Waals surface area contributed by atoms with Gasteiger partial charge in [-0.2, -0.15) is 0 Å². The Morgan fingerprint density at radius 2 is 1.76 bits per heavy atom. The van der Waals surface area contributed by atoms with E-state index in [4.69, 9.17) is 4.74 Å². The van der Waals surface area contributed by atoms with E-state index in [1.54, 1.807) is 6.07 Å². The number of rotatable bonds is 5. The predicted octanol–water partition coefficient (Wildman–Crippen LogP) is 1.64. The minimum Gasteiger partial charge on any atom is -0.483 e. The van der Waals surface area contributed by atoms with Crippen molar-refractivity contribution >= 4 is 22.8 Å². The van der Waals surface area contributed by atoms with Crippen LogP contribution in [0.4, 0.5) is 0 Å². The Labute approximate surface area is 144 Å². The molecule has 0 atom stereocenters. The minimum absolute atomic E-state index is 0.0353. The Bertz CT molecular complexity index is 871. The van der Waals surface area contributed by atoms with Crippen molar-refractivity contribution in [3.05, 3.63) is 59.9 Å². The standard InChI is InChI=1S/C18H18N4O3/c1-12-6-2-5-9-15(12)25-11-18(24)22-21-17(23)10-16-19-13-7-3-4-8-14(13)20-16/h2-9H,10-11H2,1H3,(H,19,20)(H,21,23)(H,22,24). The average Bonchev–Trinajstić information content (AvgIpc) is 3.01. The van der Waals surface area contributed by atoms with Crippen LogP contribution in [-0.4, -0.2) is 28.4 Å². The number of aromatic nitrogens is 2. The number of nitrogens with zero attached hydrogens (tertiary/aromatic N) is 1. The van der Waals surface area contributed by atoms with Gasteiger partial charge in [-0.1, -0.05) is 30.3 Å². The molecular weight excluding hydrogens is 320 g/mol. The molecule has 0 saturated carbocycles. The Hall–Kier alpha value is -3.35. The van der Waals surface area contributed by atoms with E-state index in [1.165, 1.54) is 0 Å². The molecule has 1 heterocycles. The third-order valence-corrected chi connectivity index (χ3v) is 3.56. The number of carbonyl (C=O) groups is 2. The fraction of sp³-hybridized carbons (Fsp3) is 0.167. The maximum atomic E-state index is 11.9. The van der Waals surface area contributed by atoms with Crippen molar-refractivity contribution in [3.8, 4) is 5.75 Å². The highest BCUT2D eigenvalue weighted by Crippen LogP contribution is 2.15. The van der Waals surface area contributed by atoms with E-state index in [9.17, 15) is 9.59 Å². The summed E-state index contributed by atoms with van der Waals surface area (Å²) < 4.78 is 5.41. The zero-order valence-electron chi connectivity index (χ0n) is 13.7. The highest BCUT2D eigenvalue weighted by atomic mass is 16.5. The van der Waals surface area contributed by atoms with Gasteiger partial charge in [0.1, 0.15) is 11.6 Å². The maximum absolute atomic E-state index is 11.9. The molecule has 0 fully saturated rings. The van der Waals surface area contributed by atoms with Crippen molar-refractivity contribution in [2.75, 3.05) is 6.61 Å². The topological polar surface area (TPSA) is 96.1 Å². The molecule has 0 bridgehead atoms. The van der Waals surface area contributed by atoms with E-state index in [1.807, 2.05) is 49.4 Å². The first kappa shape index (κ1) is 16.5. The molecule has 0 saturated heterocycles. The van der Waals surface area contributed by atoms with Crippen LogP contribution in [0.2, 0.25) is 0 Å². The first-order chi connectivity index (χ1) is 12.1. The van der Waals surface area contributed by atoms with Gasteiger partial charge in [0, 0.05) is 0 Å². The number of hydrogen-bond acceptors (Lipinski definition) is 4. The van der Waals surface area contributed by atoms with E-state index in [2.05, 4.69) is 20.8 Å². The van der Waals surface area contributed by atoms with Gasteiger partial charge in [0.05, 0.1) is 17.5 Å². The fourth-order valence-electron chi connectivity index (χ4n) is 2.32. The van der Waals surface area contributed by atoms with Gasteiger partial charge in [0.15, 0.2) is 6.61 Å². The molecule has 1 aromatic heterocycles. The lowest BCUT2D eigenvalue weighted by molar-refractivity contribution is -0.129. The molecule has 3 aromatic rings. The summed E-state index contributed by atoms with van der Waals surface area (Å²) in [6.45, 7) is 1.71. The second kappa shape index (κ2) is 7.48. The number of fused-ring (bicyclic) bond motifs is 1. The van der Waals surface area contributed by atoms with E-state index >= 15 is 0 Å². The third kappa shape index (κ3) is 4.35. The molecule has 3 N–H and O–H groups in total. The molecule has 25 heavy (non-hydrogen) atoms. The summed E-state index contributed by atoms with van der Waals surface area (Å²) >= 11 is 0. The number of hydrazine groups is 1. The van der Waals surface area contributed by atoms with Crippen molar-refractivity contribution in [1.82, 2.24) is 20.8 Å². The molecule has 0 unspecified atom stereocenters. The Balaban J connectivity index is 1.45. The normalized spacial score (nSPS) is 10.4. The van der Waals surface area contributed by atoms with E-state index in [-0.39, 0.29) is 18.9 Å². The number of aromatic amines is 1. The van der Waals surface area contributed by atoms with Crippen LogP contribution in [-0.2, 0) is 16.0 Å². The molecule has 128 valence electrons. The molecular formula is C18H18N4O3. The van der Waals surface area contributed by atoms with Crippen LogP contribution in [0.1, 0.15) is 11.4 Å². The molecule has 0 aliphatic carbocycles. The van der Waals surface area contributed by atoms with Crippen LogP contribution in [0, 0.1) is 6.92 Å². The molecule has 0 radical (unpaired) electrons. The van der Waals surface area contributed by atoms with Gasteiger partial charge in [0.25, 0.3) is 5.91 Å². The summed E-state index contributed by atoms with van der Waals surface area (Å²) in [6, 6.07) is 14.9. The summed E-state index contributed by atoms with van der Waals surface area (Å²) in [5.41, 5.74) is 7.26. The quantitative estimate of drug-likeness (QED) is 0.616. The summed E-state index contributed by atoms with van der Waals surface area (Å²) in [4.78, 5) is 31.0. The predicted molar refractivity (Wildman–Crippen MR) is 92.8 cm³/mol. The van der Waals surface area contributed by atoms with E-state index in [0.717, 1.165) is 16.6 Å². The van der Waals surface area contributed by atoms with Crippen molar-refractivity contribution in [1.29, 1.82) is 0 Å². The number of benzene rings is 2. The largest absolute Gasteiger partial charge is 0.483 e. The first-order valence-corrected chi connectivity index (χ1v) is 7.81. The maximum Gasteiger partial charge on any atom is 0.276 e. The third-order valence-electron chi connectivity index (χ3n) is 3.56. The zero-order valence-corrected chi connectivity index (χ0v) is 13.7. The molecule has 2 amide bonds. The highest BCUT2D eigenvalue weighted by molar-refractivity contribution is 5.84.